The largest absolute Gasteiger partial charge is 0.507 e. The zero-order valence-electron chi connectivity index (χ0n) is 8.59. The van der Waals surface area contributed by atoms with Crippen LogP contribution in [0.5, 0.6) is 11.5 Å². The Balaban J connectivity index is 3.35. The Morgan fingerprint density at radius 3 is 2.38 bits per heavy atom. The molecule has 0 spiro atoms. The predicted molar refractivity (Wildman–Crippen MR) is 55.3 cm³/mol. The molecule has 7 heteroatoms. The van der Waals surface area contributed by atoms with Crippen LogP contribution in [0.2, 0.25) is 0 Å². The molecule has 0 atom stereocenters. The average Bonchev–Trinajstić information content (AvgIpc) is 2.07. The quantitative estimate of drug-likeness (QED) is 0.763. The van der Waals surface area contributed by atoms with E-state index >= 15 is 0 Å². The molecule has 1 rings (SSSR count). The molecule has 6 nitrogen and oxygen atoms in total. The first kappa shape index (κ1) is 12.3. The fourth-order valence-electron chi connectivity index (χ4n) is 1.20. The molecule has 0 aromatic heterocycles. The van der Waals surface area contributed by atoms with E-state index in [0.717, 1.165) is 12.3 Å². The Kier molecular flexibility index (Phi) is 3.09. The molecule has 0 aliphatic rings. The van der Waals surface area contributed by atoms with Crippen molar-refractivity contribution in [1.29, 1.82) is 0 Å². The maximum Gasteiger partial charge on any atom is 0.339 e. The zero-order valence-corrected chi connectivity index (χ0v) is 9.41. The van der Waals surface area contributed by atoms with Crippen molar-refractivity contribution in [2.75, 3.05) is 6.26 Å². The molecule has 2 N–H and O–H groups in total. The topological polar surface area (TPSA) is 101 Å². The van der Waals surface area contributed by atoms with Gasteiger partial charge in [0.2, 0.25) is 0 Å². The summed E-state index contributed by atoms with van der Waals surface area (Å²) in [7, 11) is -3.73. The van der Waals surface area contributed by atoms with Crippen LogP contribution in [0, 0.1) is 6.92 Å². The molecule has 0 amide bonds. The van der Waals surface area contributed by atoms with Crippen molar-refractivity contribution >= 4 is 16.1 Å². The summed E-state index contributed by atoms with van der Waals surface area (Å²) in [6, 6.07) is 2.26. The molecule has 88 valence electrons. The molecule has 0 heterocycles. The number of benzene rings is 1. The Morgan fingerprint density at radius 2 is 1.94 bits per heavy atom. The Labute approximate surface area is 92.2 Å². The molecule has 1 aromatic rings. The van der Waals surface area contributed by atoms with Gasteiger partial charge in [-0.2, -0.15) is 8.42 Å². The lowest BCUT2D eigenvalue weighted by Crippen LogP contribution is -2.09. The highest BCUT2D eigenvalue weighted by atomic mass is 32.2. The van der Waals surface area contributed by atoms with Gasteiger partial charge in [0.1, 0.15) is 17.1 Å². The van der Waals surface area contributed by atoms with Crippen LogP contribution in [0.4, 0.5) is 0 Å². The molecule has 1 aromatic carbocycles. The van der Waals surface area contributed by atoms with Crippen molar-refractivity contribution in [3.8, 4) is 11.5 Å². The summed E-state index contributed by atoms with van der Waals surface area (Å²) in [6.45, 7) is 1.35. The van der Waals surface area contributed by atoms with E-state index in [1.165, 1.54) is 13.0 Å². The van der Waals surface area contributed by atoms with E-state index in [9.17, 15) is 18.3 Å². The number of aromatic carboxylic acids is 1. The molecule has 0 aliphatic heterocycles. The first-order valence-corrected chi connectivity index (χ1v) is 5.99. The number of phenols is 1. The van der Waals surface area contributed by atoms with Crippen molar-refractivity contribution in [2.24, 2.45) is 0 Å². The van der Waals surface area contributed by atoms with Gasteiger partial charge in [-0.25, -0.2) is 4.79 Å². The minimum absolute atomic E-state index is 0.0536. The maximum absolute atomic E-state index is 10.9. The van der Waals surface area contributed by atoms with Crippen LogP contribution in [-0.2, 0) is 10.1 Å². The van der Waals surface area contributed by atoms with Crippen molar-refractivity contribution in [3.63, 3.8) is 0 Å². The smallest absolute Gasteiger partial charge is 0.339 e. The average molecular weight is 246 g/mol. The number of carboxylic acids is 1. The lowest BCUT2D eigenvalue weighted by Gasteiger charge is -2.09. The first-order valence-electron chi connectivity index (χ1n) is 4.17. The second kappa shape index (κ2) is 4.01. The molecular formula is C9H10O6S. The third kappa shape index (κ3) is 2.63. The predicted octanol–water partition coefficient (Wildman–Crippen LogP) is 0.737. The summed E-state index contributed by atoms with van der Waals surface area (Å²) < 4.78 is 26.3. The van der Waals surface area contributed by atoms with Gasteiger partial charge in [0, 0.05) is 5.56 Å². The Bertz CT molecular complexity index is 531. The van der Waals surface area contributed by atoms with Crippen molar-refractivity contribution in [1.82, 2.24) is 0 Å². The van der Waals surface area contributed by atoms with Gasteiger partial charge in [0.05, 0.1) is 6.26 Å². The van der Waals surface area contributed by atoms with E-state index in [1.54, 1.807) is 0 Å². The van der Waals surface area contributed by atoms with Crippen LogP contribution in [-0.4, -0.2) is 30.9 Å². The second-order valence-corrected chi connectivity index (χ2v) is 4.75. The molecule has 0 bridgehead atoms. The van der Waals surface area contributed by atoms with Gasteiger partial charge < -0.3 is 14.4 Å². The van der Waals surface area contributed by atoms with Crippen LogP contribution < -0.4 is 4.18 Å². The molecule has 0 radical (unpaired) electrons. The fourth-order valence-corrected chi connectivity index (χ4v) is 1.71. The zero-order chi connectivity index (χ0) is 12.5. The van der Waals surface area contributed by atoms with E-state index in [4.69, 9.17) is 5.11 Å². The summed E-state index contributed by atoms with van der Waals surface area (Å²) >= 11 is 0. The van der Waals surface area contributed by atoms with Crippen molar-refractivity contribution in [2.45, 2.75) is 6.92 Å². The molecule has 0 saturated carbocycles. The van der Waals surface area contributed by atoms with E-state index < -0.39 is 21.8 Å². The van der Waals surface area contributed by atoms with Crippen molar-refractivity contribution < 1.29 is 27.6 Å². The molecule has 0 aliphatic carbocycles. The summed E-state index contributed by atoms with van der Waals surface area (Å²) in [4.78, 5) is 10.8. The second-order valence-electron chi connectivity index (χ2n) is 3.18. The van der Waals surface area contributed by atoms with E-state index in [1.807, 2.05) is 0 Å². The molecule has 16 heavy (non-hydrogen) atoms. The summed E-state index contributed by atoms with van der Waals surface area (Å²) in [5.74, 6) is -1.91. The summed E-state index contributed by atoms with van der Waals surface area (Å²) in [6.07, 6.45) is 0.847. The van der Waals surface area contributed by atoms with Gasteiger partial charge in [0.25, 0.3) is 0 Å². The van der Waals surface area contributed by atoms with Crippen LogP contribution in [0.1, 0.15) is 15.9 Å². The van der Waals surface area contributed by atoms with Gasteiger partial charge in [-0.15, -0.1) is 0 Å². The Hall–Kier alpha value is -1.76. The minimum atomic E-state index is -3.73. The van der Waals surface area contributed by atoms with E-state index in [2.05, 4.69) is 4.18 Å². The summed E-state index contributed by atoms with van der Waals surface area (Å²) in [5.41, 5.74) is -0.320. The van der Waals surface area contributed by atoms with E-state index in [0.29, 0.717) is 0 Å². The first-order chi connectivity index (χ1) is 7.22. The molecule has 0 fully saturated rings. The third-order valence-corrected chi connectivity index (χ3v) is 2.33. The lowest BCUT2D eigenvalue weighted by atomic mass is 10.1. The SMILES string of the molecule is Cc1c(OS(C)(=O)=O)ccc(O)c1C(=O)O. The molecule has 0 saturated heterocycles. The highest BCUT2D eigenvalue weighted by Gasteiger charge is 2.18. The maximum atomic E-state index is 10.9. The van der Waals surface area contributed by atoms with Crippen LogP contribution >= 0.6 is 0 Å². The number of carboxylic acid groups (broad SMARTS) is 1. The highest BCUT2D eigenvalue weighted by Crippen LogP contribution is 2.29. The van der Waals surface area contributed by atoms with Crippen LogP contribution in [0.25, 0.3) is 0 Å². The molecular weight excluding hydrogens is 236 g/mol. The summed E-state index contributed by atoms with van der Waals surface area (Å²) in [5, 5.41) is 18.1. The number of aromatic hydroxyl groups is 1. The van der Waals surface area contributed by atoms with Gasteiger partial charge >= 0.3 is 16.1 Å². The Morgan fingerprint density at radius 1 is 1.38 bits per heavy atom. The fraction of sp³-hybridized carbons (Fsp3) is 0.222. The van der Waals surface area contributed by atoms with Crippen LogP contribution in [0.3, 0.4) is 0 Å². The third-order valence-electron chi connectivity index (χ3n) is 1.85. The number of rotatable bonds is 3. The lowest BCUT2D eigenvalue weighted by molar-refractivity contribution is 0.0692. The van der Waals surface area contributed by atoms with Crippen LogP contribution in [0.15, 0.2) is 12.1 Å². The normalized spacial score (nSPS) is 11.1. The minimum Gasteiger partial charge on any atom is -0.507 e. The van der Waals surface area contributed by atoms with Gasteiger partial charge in [-0.05, 0) is 19.1 Å². The monoisotopic (exact) mass is 246 g/mol. The standard InChI is InChI=1S/C9H10O6S/c1-5-7(15-16(2,13)14)4-3-6(10)8(5)9(11)12/h3-4,10H,1-2H3,(H,11,12). The number of hydrogen-bond donors (Lipinski definition) is 2. The number of carbonyl (C=O) groups is 1. The highest BCUT2D eigenvalue weighted by molar-refractivity contribution is 7.86. The van der Waals surface area contributed by atoms with Crippen molar-refractivity contribution in [3.05, 3.63) is 23.3 Å². The van der Waals surface area contributed by atoms with E-state index in [-0.39, 0.29) is 16.9 Å². The molecule has 0 unspecified atom stereocenters. The van der Waals surface area contributed by atoms with Gasteiger partial charge in [0.15, 0.2) is 0 Å². The number of hydrogen-bond acceptors (Lipinski definition) is 5. The van der Waals surface area contributed by atoms with Gasteiger partial charge in [-0.1, -0.05) is 0 Å². The van der Waals surface area contributed by atoms with Gasteiger partial charge in [-0.3, -0.25) is 0 Å².